The molecule has 0 spiro atoms. The molecule has 0 fully saturated rings. The summed E-state index contributed by atoms with van der Waals surface area (Å²) in [5.41, 5.74) is 0. The van der Waals surface area contributed by atoms with Gasteiger partial charge in [-0.2, -0.15) is 0 Å². The van der Waals surface area contributed by atoms with Crippen LogP contribution in [-0.4, -0.2) is 14.5 Å². The summed E-state index contributed by atoms with van der Waals surface area (Å²) in [6.45, 7) is 1.99. The quantitative estimate of drug-likeness (QED) is 0.369. The van der Waals surface area contributed by atoms with E-state index in [1.165, 1.54) is 0 Å². The van der Waals surface area contributed by atoms with E-state index in [0.717, 1.165) is 12.8 Å². The van der Waals surface area contributed by atoms with Crippen LogP contribution >= 0.6 is 0 Å². The second kappa shape index (κ2) is 8.11. The van der Waals surface area contributed by atoms with Crippen LogP contribution in [0.25, 0.3) is 0 Å². The fourth-order valence-corrected chi connectivity index (χ4v) is 0.803. The van der Waals surface area contributed by atoms with Crippen molar-refractivity contribution in [2.75, 3.05) is 5.75 Å². The molecule has 0 aliphatic heterocycles. The SMILES string of the molecule is CCCCS(=O)O.[Na+]. The minimum Gasteiger partial charge on any atom is -0.306 e. The molecule has 0 saturated carbocycles. The van der Waals surface area contributed by atoms with Crippen molar-refractivity contribution in [2.24, 2.45) is 0 Å². The second-order valence-corrected chi connectivity index (χ2v) is 2.43. The molecule has 8 heavy (non-hydrogen) atoms. The molecule has 0 rings (SSSR count). The summed E-state index contributed by atoms with van der Waals surface area (Å²) in [4.78, 5) is 0. The van der Waals surface area contributed by atoms with Crippen molar-refractivity contribution in [3.63, 3.8) is 0 Å². The molecule has 4 heteroatoms. The molecule has 0 heterocycles. The van der Waals surface area contributed by atoms with Crippen LogP contribution in [0.4, 0.5) is 0 Å². The summed E-state index contributed by atoms with van der Waals surface area (Å²) in [6.07, 6.45) is 1.84. The van der Waals surface area contributed by atoms with E-state index in [-0.39, 0.29) is 29.6 Å². The predicted molar refractivity (Wildman–Crippen MR) is 30.5 cm³/mol. The molecule has 0 saturated heterocycles. The maximum atomic E-state index is 9.87. The standard InChI is InChI=1S/C4H10O2S.Na/c1-2-3-4-7(5)6;/h2-4H2,1H3,(H,5,6);/q;+1. The van der Waals surface area contributed by atoms with Gasteiger partial charge in [0.25, 0.3) is 0 Å². The Morgan fingerprint density at radius 3 is 2.25 bits per heavy atom. The van der Waals surface area contributed by atoms with Crippen LogP contribution in [0.5, 0.6) is 0 Å². The maximum absolute atomic E-state index is 9.87. The molecule has 44 valence electrons. The third-order valence-electron chi connectivity index (χ3n) is 0.673. The van der Waals surface area contributed by atoms with Crippen molar-refractivity contribution >= 4 is 11.1 Å². The van der Waals surface area contributed by atoms with Crippen LogP contribution < -0.4 is 29.6 Å². The van der Waals surface area contributed by atoms with Gasteiger partial charge in [-0.3, -0.25) is 0 Å². The Morgan fingerprint density at radius 2 is 2.12 bits per heavy atom. The van der Waals surface area contributed by atoms with Gasteiger partial charge in [0.15, 0.2) is 11.1 Å². The first-order valence-electron chi connectivity index (χ1n) is 2.35. The third kappa shape index (κ3) is 10.2. The van der Waals surface area contributed by atoms with Crippen molar-refractivity contribution < 1.29 is 38.3 Å². The summed E-state index contributed by atoms with van der Waals surface area (Å²) >= 11 is -1.57. The molecule has 0 aromatic carbocycles. The normalized spacial score (nSPS) is 12.2. The molecule has 0 aliphatic rings. The Labute approximate surface area is 74.6 Å². The molecule has 1 N–H and O–H groups in total. The first-order chi connectivity index (χ1) is 3.27. The van der Waals surface area contributed by atoms with Crippen molar-refractivity contribution in [3.8, 4) is 0 Å². The van der Waals surface area contributed by atoms with Crippen LogP contribution in [0.2, 0.25) is 0 Å². The van der Waals surface area contributed by atoms with Gasteiger partial charge < -0.3 is 4.55 Å². The Hall–Kier alpha value is 1.11. The van der Waals surface area contributed by atoms with E-state index in [9.17, 15) is 4.21 Å². The Morgan fingerprint density at radius 1 is 1.62 bits per heavy atom. The zero-order valence-electron chi connectivity index (χ0n) is 5.39. The largest absolute Gasteiger partial charge is 1.00 e. The van der Waals surface area contributed by atoms with Gasteiger partial charge in [-0.25, -0.2) is 4.21 Å². The molecule has 2 nitrogen and oxygen atoms in total. The molecule has 0 aromatic heterocycles. The van der Waals surface area contributed by atoms with Gasteiger partial charge in [0.1, 0.15) is 0 Å². The predicted octanol–water partition coefficient (Wildman–Crippen LogP) is -1.99. The maximum Gasteiger partial charge on any atom is 1.00 e. The minimum absolute atomic E-state index is 0. The monoisotopic (exact) mass is 145 g/mol. The topological polar surface area (TPSA) is 37.3 Å². The minimum atomic E-state index is -1.57. The second-order valence-electron chi connectivity index (χ2n) is 1.38. The number of hydrogen-bond donors (Lipinski definition) is 1. The fourth-order valence-electron chi connectivity index (χ4n) is 0.268. The first-order valence-corrected chi connectivity index (χ1v) is 3.62. The van der Waals surface area contributed by atoms with Gasteiger partial charge in [-0.15, -0.1) is 0 Å². The summed E-state index contributed by atoms with van der Waals surface area (Å²) in [5.74, 6) is 0.427. The third-order valence-corrected chi connectivity index (χ3v) is 1.31. The van der Waals surface area contributed by atoms with E-state index < -0.39 is 11.1 Å². The average Bonchev–Trinajstić information content (AvgIpc) is 1.61. The van der Waals surface area contributed by atoms with Crippen LogP contribution in [0.1, 0.15) is 19.8 Å². The van der Waals surface area contributed by atoms with Gasteiger partial charge >= 0.3 is 29.6 Å². The summed E-state index contributed by atoms with van der Waals surface area (Å²) in [6, 6.07) is 0. The van der Waals surface area contributed by atoms with Crippen LogP contribution in [0, 0.1) is 0 Å². The van der Waals surface area contributed by atoms with Gasteiger partial charge in [0, 0.05) is 5.75 Å². The van der Waals surface area contributed by atoms with Crippen molar-refractivity contribution in [2.45, 2.75) is 19.8 Å². The van der Waals surface area contributed by atoms with E-state index in [2.05, 4.69) is 0 Å². The summed E-state index contributed by atoms with van der Waals surface area (Å²) in [5, 5.41) is 0. The fraction of sp³-hybridized carbons (Fsp3) is 1.00. The van der Waals surface area contributed by atoms with Gasteiger partial charge in [-0.1, -0.05) is 13.3 Å². The average molecular weight is 145 g/mol. The number of unbranched alkanes of at least 4 members (excludes halogenated alkanes) is 1. The smallest absolute Gasteiger partial charge is 0.306 e. The molecule has 0 radical (unpaired) electrons. The molecule has 1 atom stereocenters. The molecule has 1 unspecified atom stereocenters. The van der Waals surface area contributed by atoms with Crippen molar-refractivity contribution in [1.29, 1.82) is 0 Å². The molecular weight excluding hydrogens is 135 g/mol. The van der Waals surface area contributed by atoms with Gasteiger partial charge in [-0.05, 0) is 6.42 Å². The van der Waals surface area contributed by atoms with E-state index in [1.807, 2.05) is 6.92 Å². The van der Waals surface area contributed by atoms with Crippen LogP contribution in [0.3, 0.4) is 0 Å². The zero-order valence-corrected chi connectivity index (χ0v) is 8.20. The Kier molecular flexibility index (Phi) is 12.0. The molecule has 0 amide bonds. The van der Waals surface area contributed by atoms with E-state index in [1.54, 1.807) is 0 Å². The Bertz CT molecular complexity index is 67.1. The first kappa shape index (κ1) is 11.9. The van der Waals surface area contributed by atoms with Crippen LogP contribution in [-0.2, 0) is 11.1 Å². The summed E-state index contributed by atoms with van der Waals surface area (Å²) < 4.78 is 18.0. The Balaban J connectivity index is 0. The summed E-state index contributed by atoms with van der Waals surface area (Å²) in [7, 11) is 0. The molecule has 0 aliphatic carbocycles. The van der Waals surface area contributed by atoms with E-state index >= 15 is 0 Å². The molecule has 0 aromatic rings. The number of hydrogen-bond acceptors (Lipinski definition) is 1. The van der Waals surface area contributed by atoms with Gasteiger partial charge in [0.2, 0.25) is 0 Å². The number of rotatable bonds is 3. The van der Waals surface area contributed by atoms with Crippen molar-refractivity contribution in [3.05, 3.63) is 0 Å². The zero-order chi connectivity index (χ0) is 5.70. The van der Waals surface area contributed by atoms with E-state index in [4.69, 9.17) is 4.55 Å². The molecule has 0 bridgehead atoms. The van der Waals surface area contributed by atoms with E-state index in [0.29, 0.717) is 5.75 Å². The van der Waals surface area contributed by atoms with Crippen LogP contribution in [0.15, 0.2) is 0 Å². The molecular formula is C4H10NaO2S+. The van der Waals surface area contributed by atoms with Gasteiger partial charge in [0.05, 0.1) is 0 Å². The van der Waals surface area contributed by atoms with Crippen molar-refractivity contribution in [1.82, 2.24) is 0 Å².